The summed E-state index contributed by atoms with van der Waals surface area (Å²) in [6, 6.07) is 5.60. The van der Waals surface area contributed by atoms with Crippen LogP contribution >= 0.6 is 23.2 Å². The van der Waals surface area contributed by atoms with Crippen LogP contribution in [0.4, 0.5) is 11.8 Å². The lowest BCUT2D eigenvalue weighted by Gasteiger charge is -2.38. The summed E-state index contributed by atoms with van der Waals surface area (Å²) in [5, 5.41) is 8.26. The van der Waals surface area contributed by atoms with E-state index in [0.717, 1.165) is 101 Å². The fourth-order valence-corrected chi connectivity index (χ4v) is 5.33. The third-order valence-electron chi connectivity index (χ3n) is 6.84. The molecule has 0 bridgehead atoms. The first-order valence-corrected chi connectivity index (χ1v) is 12.9. The molecule has 0 amide bonds. The molecule has 1 atom stereocenters. The molecule has 1 aromatic heterocycles. The zero-order valence-corrected chi connectivity index (χ0v) is 21.2. The summed E-state index contributed by atoms with van der Waals surface area (Å²) in [4.78, 5) is 17.1. The number of fused-ring (bicyclic) bond motifs is 1. The van der Waals surface area contributed by atoms with Crippen molar-refractivity contribution < 1.29 is 4.74 Å². The number of aromatic nitrogens is 2. The van der Waals surface area contributed by atoms with Gasteiger partial charge in [-0.15, -0.1) is 0 Å². The molecular weight excluding hydrogens is 473 g/mol. The molecule has 34 heavy (non-hydrogen) atoms. The predicted molar refractivity (Wildman–Crippen MR) is 137 cm³/mol. The van der Waals surface area contributed by atoms with Crippen molar-refractivity contribution in [2.45, 2.75) is 25.6 Å². The molecule has 3 aliphatic heterocycles. The quantitative estimate of drug-likeness (QED) is 0.620. The smallest absolute Gasteiger partial charge is 0.227 e. The molecule has 3 aliphatic rings. The van der Waals surface area contributed by atoms with Gasteiger partial charge in [-0.25, -0.2) is 4.98 Å². The van der Waals surface area contributed by atoms with Crippen LogP contribution in [0.25, 0.3) is 0 Å². The van der Waals surface area contributed by atoms with Gasteiger partial charge >= 0.3 is 0 Å². The summed E-state index contributed by atoms with van der Waals surface area (Å²) in [5.74, 6) is 1.71. The normalized spacial score (nSPS) is 22.0. The van der Waals surface area contributed by atoms with Crippen molar-refractivity contribution in [3.05, 3.63) is 45.1 Å². The lowest BCUT2D eigenvalue weighted by molar-refractivity contribution is -0.0361. The Morgan fingerprint density at radius 3 is 2.79 bits per heavy atom. The van der Waals surface area contributed by atoms with Gasteiger partial charge in [0.2, 0.25) is 5.95 Å². The summed E-state index contributed by atoms with van der Waals surface area (Å²) in [6.45, 7) is 9.98. The third kappa shape index (κ3) is 5.75. The molecule has 0 saturated carbocycles. The fraction of sp³-hybridized carbons (Fsp3) is 0.583. The average Bonchev–Trinajstić information content (AvgIpc) is 2.84. The minimum absolute atomic E-state index is 0.299. The van der Waals surface area contributed by atoms with E-state index >= 15 is 0 Å². The Kier molecular flexibility index (Phi) is 7.73. The molecule has 2 N–H and O–H groups in total. The SMILES string of the molecule is CN1CCOC(CN2CCN(c3nc4c(c(NCc5ccc(Cl)cc5Cl)n3)CNCC4)CC2)C1. The molecule has 8 nitrogen and oxygen atoms in total. The highest BCUT2D eigenvalue weighted by Gasteiger charge is 2.26. The van der Waals surface area contributed by atoms with Gasteiger partial charge in [-0.2, -0.15) is 4.98 Å². The molecule has 1 unspecified atom stereocenters. The Hall–Kier alpha value is -1.68. The van der Waals surface area contributed by atoms with Gasteiger partial charge in [0, 0.05) is 87.5 Å². The number of morpholine rings is 1. The molecule has 2 saturated heterocycles. The fourth-order valence-electron chi connectivity index (χ4n) is 4.86. The molecule has 10 heteroatoms. The molecule has 184 valence electrons. The number of hydrogen-bond acceptors (Lipinski definition) is 8. The van der Waals surface area contributed by atoms with Crippen LogP contribution in [0.2, 0.25) is 10.0 Å². The Bertz CT molecular complexity index is 1000. The number of benzene rings is 1. The lowest BCUT2D eigenvalue weighted by atomic mass is 10.1. The van der Waals surface area contributed by atoms with E-state index in [2.05, 4.69) is 32.4 Å². The zero-order chi connectivity index (χ0) is 23.5. The van der Waals surface area contributed by atoms with Crippen LogP contribution < -0.4 is 15.5 Å². The topological polar surface area (TPSA) is 68.8 Å². The van der Waals surface area contributed by atoms with Crippen molar-refractivity contribution in [1.29, 1.82) is 0 Å². The number of piperazine rings is 1. The van der Waals surface area contributed by atoms with Crippen LogP contribution in [0.5, 0.6) is 0 Å². The van der Waals surface area contributed by atoms with Crippen molar-refractivity contribution in [1.82, 2.24) is 25.1 Å². The van der Waals surface area contributed by atoms with Crippen molar-refractivity contribution in [2.24, 2.45) is 0 Å². The summed E-state index contributed by atoms with van der Waals surface area (Å²) in [5.41, 5.74) is 3.28. The van der Waals surface area contributed by atoms with Gasteiger partial charge in [0.05, 0.1) is 18.4 Å². The van der Waals surface area contributed by atoms with E-state index in [-0.39, 0.29) is 0 Å². The van der Waals surface area contributed by atoms with Gasteiger partial charge in [0.25, 0.3) is 0 Å². The largest absolute Gasteiger partial charge is 0.374 e. The van der Waals surface area contributed by atoms with E-state index in [4.69, 9.17) is 37.9 Å². The third-order valence-corrected chi connectivity index (χ3v) is 7.43. The Balaban J connectivity index is 1.26. The number of nitrogens with one attached hydrogen (secondary N) is 2. The highest BCUT2D eigenvalue weighted by molar-refractivity contribution is 6.35. The monoisotopic (exact) mass is 505 g/mol. The predicted octanol–water partition coefficient (Wildman–Crippen LogP) is 2.49. The van der Waals surface area contributed by atoms with Crippen LogP contribution in [-0.4, -0.2) is 91.9 Å². The molecule has 2 aromatic rings. The number of hydrogen-bond donors (Lipinski definition) is 2. The average molecular weight is 506 g/mol. The Morgan fingerprint density at radius 2 is 2.00 bits per heavy atom. The highest BCUT2D eigenvalue weighted by Crippen LogP contribution is 2.26. The maximum Gasteiger partial charge on any atom is 0.227 e. The second-order valence-corrected chi connectivity index (χ2v) is 10.2. The van der Waals surface area contributed by atoms with Crippen molar-refractivity contribution in [3.8, 4) is 0 Å². The summed E-state index contributed by atoms with van der Waals surface area (Å²) in [7, 11) is 2.17. The van der Waals surface area contributed by atoms with E-state index in [0.29, 0.717) is 22.7 Å². The second-order valence-electron chi connectivity index (χ2n) is 9.36. The second kappa shape index (κ2) is 10.9. The Morgan fingerprint density at radius 1 is 1.15 bits per heavy atom. The van der Waals surface area contributed by atoms with Crippen LogP contribution in [0.3, 0.4) is 0 Å². The van der Waals surface area contributed by atoms with Crippen LogP contribution in [0, 0.1) is 0 Å². The number of ether oxygens (including phenoxy) is 1. The van der Waals surface area contributed by atoms with Gasteiger partial charge in [0.1, 0.15) is 5.82 Å². The number of rotatable bonds is 6. The zero-order valence-electron chi connectivity index (χ0n) is 19.7. The van der Waals surface area contributed by atoms with E-state index in [1.54, 1.807) is 6.07 Å². The van der Waals surface area contributed by atoms with Gasteiger partial charge in [-0.3, -0.25) is 4.90 Å². The molecule has 1 aromatic carbocycles. The first kappa shape index (κ1) is 24.0. The molecule has 0 spiro atoms. The molecule has 5 rings (SSSR count). The van der Waals surface area contributed by atoms with Gasteiger partial charge < -0.3 is 25.2 Å². The van der Waals surface area contributed by atoms with Crippen LogP contribution in [0.1, 0.15) is 16.8 Å². The number of anilines is 2. The maximum atomic E-state index is 6.39. The highest BCUT2D eigenvalue weighted by atomic mass is 35.5. The molecule has 0 aliphatic carbocycles. The van der Waals surface area contributed by atoms with Gasteiger partial charge in [-0.05, 0) is 24.7 Å². The van der Waals surface area contributed by atoms with Crippen molar-refractivity contribution in [2.75, 3.05) is 76.2 Å². The molecule has 0 radical (unpaired) electrons. The number of nitrogens with zero attached hydrogens (tertiary/aromatic N) is 5. The number of likely N-dealkylation sites (N-methyl/N-ethyl adjacent to an activating group) is 1. The first-order valence-electron chi connectivity index (χ1n) is 12.1. The standard InChI is InChI=1S/C24H33Cl2N7O/c1-31-10-11-34-19(15-31)16-32-6-8-33(9-7-32)24-29-22-4-5-27-14-20(22)23(30-24)28-13-17-2-3-18(25)12-21(17)26/h2-3,12,19,27H,4-11,13-16H2,1H3,(H,28,29,30). The van der Waals surface area contributed by atoms with Gasteiger partial charge in [0.15, 0.2) is 0 Å². The van der Waals surface area contributed by atoms with E-state index in [1.807, 2.05) is 12.1 Å². The Labute approximate surface area is 211 Å². The minimum Gasteiger partial charge on any atom is -0.374 e. The first-order chi connectivity index (χ1) is 16.5. The summed E-state index contributed by atoms with van der Waals surface area (Å²) < 4.78 is 5.97. The van der Waals surface area contributed by atoms with E-state index in [1.165, 1.54) is 0 Å². The molecule has 2 fully saturated rings. The summed E-state index contributed by atoms with van der Waals surface area (Å²) in [6.07, 6.45) is 1.21. The maximum absolute atomic E-state index is 6.39. The lowest BCUT2D eigenvalue weighted by Crippen LogP contribution is -2.52. The van der Waals surface area contributed by atoms with Crippen molar-refractivity contribution >= 4 is 35.0 Å². The van der Waals surface area contributed by atoms with Crippen molar-refractivity contribution in [3.63, 3.8) is 0 Å². The van der Waals surface area contributed by atoms with E-state index in [9.17, 15) is 0 Å². The summed E-state index contributed by atoms with van der Waals surface area (Å²) >= 11 is 12.4. The minimum atomic E-state index is 0.299. The van der Waals surface area contributed by atoms with E-state index < -0.39 is 0 Å². The van der Waals surface area contributed by atoms with Gasteiger partial charge in [-0.1, -0.05) is 29.3 Å². The molecule has 4 heterocycles. The number of halogens is 2. The van der Waals surface area contributed by atoms with Crippen LogP contribution in [-0.2, 0) is 24.2 Å². The molecular formula is C24H33Cl2N7O. The van der Waals surface area contributed by atoms with Crippen LogP contribution in [0.15, 0.2) is 18.2 Å².